The molecule has 0 spiro atoms. The van der Waals surface area contributed by atoms with Gasteiger partial charge in [-0.1, -0.05) is 72.3 Å². The lowest BCUT2D eigenvalue weighted by Crippen LogP contribution is -2.35. The van der Waals surface area contributed by atoms with Crippen LogP contribution in [0.5, 0.6) is 0 Å². The Morgan fingerprint density at radius 1 is 0.956 bits per heavy atom. The molecule has 1 fully saturated rings. The highest BCUT2D eigenvalue weighted by molar-refractivity contribution is 6.12. The summed E-state index contributed by atoms with van der Waals surface area (Å²) in [5.41, 5.74) is 6.62. The first-order chi connectivity index (χ1) is 21.7. The second kappa shape index (κ2) is 11.0. The predicted octanol–water partition coefficient (Wildman–Crippen LogP) is 7.52. The van der Waals surface area contributed by atoms with E-state index in [1.165, 1.54) is 0 Å². The molecule has 0 bridgehead atoms. The highest BCUT2D eigenvalue weighted by atomic mass is 16.5. The Balaban J connectivity index is 1.19. The van der Waals surface area contributed by atoms with Gasteiger partial charge in [0.15, 0.2) is 5.82 Å². The number of amides is 2. The fraction of sp³-hybridized carbons (Fsp3) is 0.243. The van der Waals surface area contributed by atoms with Crippen LogP contribution in [0.4, 0.5) is 0 Å². The summed E-state index contributed by atoms with van der Waals surface area (Å²) < 4.78 is 11.8. The molecule has 3 aromatic carbocycles. The van der Waals surface area contributed by atoms with Crippen molar-refractivity contribution >= 4 is 28.4 Å². The second-order valence-electron chi connectivity index (χ2n) is 12.2. The first kappa shape index (κ1) is 28.5. The number of carbonyl (C=O) groups is 2. The number of fused-ring (bicyclic) bond motifs is 1. The van der Waals surface area contributed by atoms with Crippen LogP contribution in [-0.2, 0) is 5.54 Å². The highest BCUT2D eigenvalue weighted by Crippen LogP contribution is 2.45. The number of carbonyl (C=O) groups excluding carboxylic acids is 2. The number of furan rings is 1. The molecule has 2 N–H and O–H groups in total. The van der Waals surface area contributed by atoms with Crippen molar-refractivity contribution in [2.24, 2.45) is 5.92 Å². The third kappa shape index (κ3) is 5.26. The summed E-state index contributed by atoms with van der Waals surface area (Å²) in [6, 6.07) is 19.4. The molecular weight excluding hydrogens is 564 g/mol. The number of hydrogen-bond donors (Lipinski definition) is 2. The monoisotopic (exact) mass is 598 g/mol. The van der Waals surface area contributed by atoms with Crippen LogP contribution < -0.4 is 10.6 Å². The first-order valence-electron chi connectivity index (χ1n) is 15.3. The Labute approximate surface area is 261 Å². The molecule has 8 nitrogen and oxygen atoms in total. The van der Waals surface area contributed by atoms with Crippen LogP contribution >= 0.6 is 0 Å². The van der Waals surface area contributed by atoms with Crippen molar-refractivity contribution in [2.45, 2.75) is 45.6 Å². The van der Waals surface area contributed by atoms with E-state index in [-0.39, 0.29) is 11.8 Å². The minimum absolute atomic E-state index is 0.206. The van der Waals surface area contributed by atoms with E-state index in [1.807, 2.05) is 80.6 Å². The molecule has 8 heteroatoms. The van der Waals surface area contributed by atoms with Crippen LogP contribution in [0, 0.1) is 19.8 Å². The van der Waals surface area contributed by atoms with Crippen LogP contribution in [0.25, 0.3) is 39.0 Å². The number of aromatic nitrogens is 2. The fourth-order valence-corrected chi connectivity index (χ4v) is 5.93. The van der Waals surface area contributed by atoms with Crippen LogP contribution in [0.3, 0.4) is 0 Å². The Hall–Kier alpha value is -5.24. The summed E-state index contributed by atoms with van der Waals surface area (Å²) in [7, 11) is 1.61. The smallest absolute Gasteiger partial charge is 0.257 e. The SMILES string of the molecule is CNC(=O)c1c(-c2ccc(C)cc2)oc2ccc(-c3cc(C(=O)NC4(c5noc(C6=CC(C)CC=C6)n5)CC4)ccc3C)cc12. The van der Waals surface area contributed by atoms with E-state index < -0.39 is 5.54 Å². The average Bonchev–Trinajstić information content (AvgIpc) is 3.47. The second-order valence-corrected chi connectivity index (χ2v) is 12.2. The maximum absolute atomic E-state index is 13.6. The average molecular weight is 599 g/mol. The summed E-state index contributed by atoms with van der Waals surface area (Å²) in [6.07, 6.45) is 8.72. The molecule has 1 saturated carbocycles. The molecule has 0 radical (unpaired) electrons. The van der Waals surface area contributed by atoms with E-state index in [9.17, 15) is 9.59 Å². The minimum Gasteiger partial charge on any atom is -0.455 e. The van der Waals surface area contributed by atoms with Crippen LogP contribution in [-0.4, -0.2) is 29.0 Å². The zero-order chi connectivity index (χ0) is 31.3. The molecule has 45 heavy (non-hydrogen) atoms. The Bertz CT molecular complexity index is 2030. The molecule has 1 atom stereocenters. The lowest BCUT2D eigenvalue weighted by atomic mass is 9.95. The molecule has 2 aliphatic carbocycles. The maximum atomic E-state index is 13.6. The van der Waals surface area contributed by atoms with Gasteiger partial charge in [-0.2, -0.15) is 4.98 Å². The largest absolute Gasteiger partial charge is 0.455 e. The summed E-state index contributed by atoms with van der Waals surface area (Å²) in [5.74, 6) is 1.48. The normalized spacial score (nSPS) is 16.8. The van der Waals surface area contributed by atoms with Crippen LogP contribution in [0.1, 0.15) is 69.7 Å². The predicted molar refractivity (Wildman–Crippen MR) is 174 cm³/mol. The summed E-state index contributed by atoms with van der Waals surface area (Å²) in [4.78, 5) is 31.4. The van der Waals surface area contributed by atoms with Gasteiger partial charge in [0.1, 0.15) is 16.9 Å². The number of allylic oxidation sites excluding steroid dienone is 4. The fourth-order valence-electron chi connectivity index (χ4n) is 5.93. The van der Waals surface area contributed by atoms with E-state index in [4.69, 9.17) is 8.94 Å². The van der Waals surface area contributed by atoms with Gasteiger partial charge in [0, 0.05) is 29.1 Å². The molecule has 2 aliphatic rings. The van der Waals surface area contributed by atoms with Gasteiger partial charge in [0.05, 0.1) is 5.56 Å². The van der Waals surface area contributed by atoms with Gasteiger partial charge in [-0.25, -0.2) is 0 Å². The van der Waals surface area contributed by atoms with Gasteiger partial charge >= 0.3 is 0 Å². The lowest BCUT2D eigenvalue weighted by molar-refractivity contribution is 0.0926. The van der Waals surface area contributed by atoms with Gasteiger partial charge in [0.25, 0.3) is 17.7 Å². The number of aryl methyl sites for hydroxylation is 2. The van der Waals surface area contributed by atoms with Crippen molar-refractivity contribution in [1.29, 1.82) is 0 Å². The molecular formula is C37H34N4O4. The Kier molecular flexibility index (Phi) is 7.00. The zero-order valence-corrected chi connectivity index (χ0v) is 25.7. The third-order valence-electron chi connectivity index (χ3n) is 8.74. The van der Waals surface area contributed by atoms with Crippen molar-refractivity contribution < 1.29 is 18.5 Å². The van der Waals surface area contributed by atoms with E-state index in [0.29, 0.717) is 45.5 Å². The van der Waals surface area contributed by atoms with E-state index in [1.54, 1.807) is 7.05 Å². The summed E-state index contributed by atoms with van der Waals surface area (Å²) in [6.45, 7) is 6.17. The number of benzene rings is 3. The Morgan fingerprint density at radius 3 is 2.47 bits per heavy atom. The minimum atomic E-state index is -0.640. The first-order valence-corrected chi connectivity index (χ1v) is 15.3. The molecule has 2 amide bonds. The van der Waals surface area contributed by atoms with Crippen LogP contribution in [0.15, 0.2) is 87.8 Å². The number of hydrogen-bond acceptors (Lipinski definition) is 6. The van der Waals surface area contributed by atoms with Gasteiger partial charge < -0.3 is 19.6 Å². The molecule has 5 aromatic rings. The molecule has 1 unspecified atom stereocenters. The van der Waals surface area contributed by atoms with Crippen molar-refractivity contribution in [3.8, 4) is 22.5 Å². The zero-order valence-electron chi connectivity index (χ0n) is 25.7. The topological polar surface area (TPSA) is 110 Å². The van der Waals surface area contributed by atoms with E-state index in [2.05, 4.69) is 39.8 Å². The van der Waals surface area contributed by atoms with E-state index >= 15 is 0 Å². The van der Waals surface area contributed by atoms with Gasteiger partial charge in [-0.15, -0.1) is 0 Å². The molecule has 2 heterocycles. The number of nitrogens with zero attached hydrogens (tertiary/aromatic N) is 2. The maximum Gasteiger partial charge on any atom is 0.257 e. The molecule has 0 saturated heterocycles. The quantitative estimate of drug-likeness (QED) is 0.200. The van der Waals surface area contributed by atoms with Crippen LogP contribution in [0.2, 0.25) is 0 Å². The number of nitrogens with one attached hydrogen (secondary N) is 2. The molecule has 226 valence electrons. The summed E-state index contributed by atoms with van der Waals surface area (Å²) in [5, 5.41) is 10.9. The van der Waals surface area contributed by atoms with Gasteiger partial charge in [-0.3, -0.25) is 9.59 Å². The van der Waals surface area contributed by atoms with Crippen molar-refractivity contribution in [3.05, 3.63) is 113 Å². The van der Waals surface area contributed by atoms with E-state index in [0.717, 1.165) is 52.7 Å². The number of rotatable bonds is 7. The third-order valence-corrected chi connectivity index (χ3v) is 8.74. The standard InChI is InChI=1S/C37H34N4O4/c1-21-8-11-24(12-9-21)32-31(34(43)38-4)29-19-25(14-15-30(29)44-32)28-20-26(13-10-23(28)3)33(42)40-37(16-17-37)36-39-35(45-41-36)27-7-5-6-22(2)18-27/h5,7-15,18-20,22H,6,16-17H2,1-4H3,(H,38,43)(H,40,42). The van der Waals surface area contributed by atoms with Gasteiger partial charge in [-0.05, 0) is 80.0 Å². The summed E-state index contributed by atoms with van der Waals surface area (Å²) >= 11 is 0. The molecule has 7 rings (SSSR count). The lowest BCUT2D eigenvalue weighted by Gasteiger charge is -2.15. The highest BCUT2D eigenvalue weighted by Gasteiger charge is 2.50. The van der Waals surface area contributed by atoms with Crippen molar-refractivity contribution in [2.75, 3.05) is 7.05 Å². The molecule has 0 aliphatic heterocycles. The van der Waals surface area contributed by atoms with Crippen molar-refractivity contribution in [1.82, 2.24) is 20.8 Å². The van der Waals surface area contributed by atoms with Crippen molar-refractivity contribution in [3.63, 3.8) is 0 Å². The van der Waals surface area contributed by atoms with Gasteiger partial charge in [0.2, 0.25) is 0 Å². The molecule has 2 aromatic heterocycles. The Morgan fingerprint density at radius 2 is 1.73 bits per heavy atom.